The average Bonchev–Trinajstić information content (AvgIpc) is 3.14. The monoisotopic (exact) mass is 474 g/mol. The van der Waals surface area contributed by atoms with Crippen LogP contribution in [0.5, 0.6) is 5.75 Å². The van der Waals surface area contributed by atoms with Gasteiger partial charge in [0, 0.05) is 0 Å². The van der Waals surface area contributed by atoms with Gasteiger partial charge in [-0.25, -0.2) is 4.79 Å². The molecule has 3 aliphatic carbocycles. The van der Waals surface area contributed by atoms with Crippen molar-refractivity contribution in [3.63, 3.8) is 0 Å². The minimum Gasteiger partial charge on any atom is -0.496 e. The molecule has 0 spiro atoms. The predicted octanol–water partition coefficient (Wildman–Crippen LogP) is 6.97. The number of methoxy groups -OCH3 is 1. The van der Waals surface area contributed by atoms with Crippen LogP contribution in [0.15, 0.2) is 18.2 Å². The van der Waals surface area contributed by atoms with E-state index >= 15 is 0 Å². The van der Waals surface area contributed by atoms with E-state index in [-0.39, 0.29) is 24.8 Å². The maximum Gasteiger partial charge on any atom is 0.457 e. The molecular formula is C28H47BO5. The van der Waals surface area contributed by atoms with Crippen LogP contribution < -0.4 is 4.74 Å². The number of esters is 1. The molecule has 0 N–H and O–H groups in total. The summed E-state index contributed by atoms with van der Waals surface area (Å²) < 4.78 is 24.0. The molecule has 6 heteroatoms. The lowest BCUT2D eigenvalue weighted by molar-refractivity contribution is -0.199. The minimum absolute atomic E-state index is 0.189. The Morgan fingerprint density at radius 1 is 1.12 bits per heavy atom. The molecule has 34 heavy (non-hydrogen) atoms. The lowest BCUT2D eigenvalue weighted by Gasteiger charge is -2.64. The number of carbonyl (C=O) groups is 1. The van der Waals surface area contributed by atoms with Crippen LogP contribution in [0.2, 0.25) is 6.32 Å². The van der Waals surface area contributed by atoms with E-state index in [9.17, 15) is 4.79 Å². The van der Waals surface area contributed by atoms with Crippen LogP contribution in [0.4, 0.5) is 0 Å². The number of para-hydroxylation sites is 1. The van der Waals surface area contributed by atoms with E-state index in [1.807, 2.05) is 60.6 Å². The Bertz CT molecular complexity index is 831. The van der Waals surface area contributed by atoms with Gasteiger partial charge in [-0.05, 0) is 82.2 Å². The highest BCUT2D eigenvalue weighted by atomic mass is 16.7. The lowest BCUT2D eigenvalue weighted by Crippen LogP contribution is -2.65. The molecule has 192 valence electrons. The zero-order valence-electron chi connectivity index (χ0n) is 23.4. The van der Waals surface area contributed by atoms with Gasteiger partial charge in [-0.2, -0.15) is 0 Å². The van der Waals surface area contributed by atoms with Crippen molar-refractivity contribution in [3.8, 4) is 5.75 Å². The molecular weight excluding hydrogens is 427 g/mol. The predicted molar refractivity (Wildman–Crippen MR) is 139 cm³/mol. The van der Waals surface area contributed by atoms with Gasteiger partial charge >= 0.3 is 13.1 Å². The first-order valence-corrected chi connectivity index (χ1v) is 13.2. The SMILES string of the molecule is CC.CC.COc1c(CCB2OC3CC4CC(C4(C)C)[C@]3(C)O2)cccc1C(=O)OC(C)(C)C. The lowest BCUT2D eigenvalue weighted by atomic mass is 9.43. The van der Waals surface area contributed by atoms with Gasteiger partial charge in [0.25, 0.3) is 0 Å². The van der Waals surface area contributed by atoms with E-state index in [4.69, 9.17) is 18.8 Å². The molecule has 1 aromatic carbocycles. The van der Waals surface area contributed by atoms with Gasteiger partial charge in [-0.15, -0.1) is 0 Å². The van der Waals surface area contributed by atoms with Crippen molar-refractivity contribution in [1.29, 1.82) is 0 Å². The summed E-state index contributed by atoms with van der Waals surface area (Å²) in [5.41, 5.74) is 1.03. The highest BCUT2D eigenvalue weighted by Gasteiger charge is 2.67. The van der Waals surface area contributed by atoms with Crippen LogP contribution in [0.3, 0.4) is 0 Å². The quantitative estimate of drug-likeness (QED) is 0.341. The van der Waals surface area contributed by atoms with Crippen molar-refractivity contribution < 1.29 is 23.6 Å². The molecule has 0 amide bonds. The molecule has 0 aromatic heterocycles. The second-order valence-electron chi connectivity index (χ2n) is 10.9. The smallest absolute Gasteiger partial charge is 0.457 e. The summed E-state index contributed by atoms with van der Waals surface area (Å²) in [7, 11) is 1.38. The summed E-state index contributed by atoms with van der Waals surface area (Å²) in [5, 5.41) is 0. The summed E-state index contributed by atoms with van der Waals surface area (Å²) >= 11 is 0. The Labute approximate surface area is 208 Å². The number of hydrogen-bond donors (Lipinski definition) is 0. The summed E-state index contributed by atoms with van der Waals surface area (Å²) in [5.74, 6) is 1.52. The summed E-state index contributed by atoms with van der Waals surface area (Å²) in [6.45, 7) is 20.6. The van der Waals surface area contributed by atoms with Crippen LogP contribution in [-0.4, -0.2) is 37.5 Å². The number of rotatable bonds is 5. The van der Waals surface area contributed by atoms with E-state index < -0.39 is 5.60 Å². The molecule has 1 heterocycles. The topological polar surface area (TPSA) is 54.0 Å². The molecule has 0 radical (unpaired) electrons. The van der Waals surface area contributed by atoms with E-state index in [2.05, 4.69) is 20.8 Å². The van der Waals surface area contributed by atoms with Gasteiger partial charge in [0.2, 0.25) is 0 Å². The number of hydrogen-bond acceptors (Lipinski definition) is 5. The fourth-order valence-corrected chi connectivity index (χ4v) is 5.87. The van der Waals surface area contributed by atoms with Crippen LogP contribution in [0.25, 0.3) is 0 Å². The molecule has 1 aliphatic heterocycles. The van der Waals surface area contributed by atoms with Crippen molar-refractivity contribution in [3.05, 3.63) is 29.3 Å². The van der Waals surface area contributed by atoms with Crippen molar-refractivity contribution in [2.24, 2.45) is 17.3 Å². The number of ether oxygens (including phenoxy) is 2. The van der Waals surface area contributed by atoms with Gasteiger partial charge in [0.15, 0.2) is 0 Å². The first-order chi connectivity index (χ1) is 16.0. The fourth-order valence-electron chi connectivity index (χ4n) is 5.87. The first-order valence-electron chi connectivity index (χ1n) is 13.2. The van der Waals surface area contributed by atoms with Gasteiger partial charge in [-0.1, -0.05) is 53.7 Å². The number of carbonyl (C=O) groups excluding carboxylic acids is 1. The molecule has 4 aliphatic rings. The second kappa shape index (κ2) is 11.0. The third-order valence-corrected chi connectivity index (χ3v) is 7.57. The van der Waals surface area contributed by atoms with Crippen molar-refractivity contribution in [2.75, 3.05) is 7.11 Å². The van der Waals surface area contributed by atoms with Crippen molar-refractivity contribution >= 4 is 13.1 Å². The maximum absolute atomic E-state index is 12.6. The standard InChI is InChI=1S/C24H35BO5.2C2H6/c1-22(2,3)28-21(26)17-10-8-9-15(20(17)27-7)11-12-25-29-19-14-16-13-18(23(16,4)5)24(19,6)30-25;2*1-2/h8-10,16,18-19H,11-14H2,1-7H3;2*1-2H3/t16?,18?,19?,24-;;/m0../s1. The van der Waals surface area contributed by atoms with Crippen LogP contribution >= 0.6 is 0 Å². The molecule has 1 saturated heterocycles. The first kappa shape index (κ1) is 28.7. The molecule has 5 rings (SSSR count). The number of aryl methyl sites for hydroxylation is 1. The van der Waals surface area contributed by atoms with Gasteiger partial charge in [-0.3, -0.25) is 0 Å². The highest BCUT2D eigenvalue weighted by Crippen LogP contribution is 2.65. The zero-order chi connectivity index (χ0) is 25.9. The van der Waals surface area contributed by atoms with Gasteiger partial charge in [0.05, 0.1) is 18.8 Å². The van der Waals surface area contributed by atoms with Gasteiger partial charge < -0.3 is 18.8 Å². The third kappa shape index (κ3) is 5.49. The van der Waals surface area contributed by atoms with E-state index in [0.29, 0.717) is 29.1 Å². The normalized spacial score (nSPS) is 28.3. The highest BCUT2D eigenvalue weighted by molar-refractivity contribution is 6.45. The Kier molecular flexibility index (Phi) is 9.32. The van der Waals surface area contributed by atoms with E-state index in [1.165, 1.54) is 6.42 Å². The zero-order valence-corrected chi connectivity index (χ0v) is 23.4. The average molecular weight is 474 g/mol. The molecule has 3 saturated carbocycles. The Morgan fingerprint density at radius 2 is 1.76 bits per heavy atom. The molecule has 2 bridgehead atoms. The van der Waals surface area contributed by atoms with Crippen LogP contribution in [0.1, 0.15) is 98.0 Å². The Morgan fingerprint density at radius 3 is 2.32 bits per heavy atom. The summed E-state index contributed by atoms with van der Waals surface area (Å²) in [6, 6.07) is 5.63. The maximum atomic E-state index is 12.6. The molecule has 4 fully saturated rings. The van der Waals surface area contributed by atoms with Gasteiger partial charge in [0.1, 0.15) is 16.9 Å². The summed E-state index contributed by atoms with van der Waals surface area (Å²) in [6.07, 6.45) is 3.98. The Balaban J connectivity index is 0.000000970. The van der Waals surface area contributed by atoms with E-state index in [1.54, 1.807) is 13.2 Å². The molecule has 1 aromatic rings. The second-order valence-corrected chi connectivity index (χ2v) is 10.9. The van der Waals surface area contributed by atoms with Crippen molar-refractivity contribution in [1.82, 2.24) is 0 Å². The minimum atomic E-state index is -0.552. The fraction of sp³-hybridized carbons (Fsp3) is 0.750. The van der Waals surface area contributed by atoms with Crippen LogP contribution in [-0.2, 0) is 20.5 Å². The van der Waals surface area contributed by atoms with E-state index in [0.717, 1.165) is 24.2 Å². The van der Waals surface area contributed by atoms with Crippen LogP contribution in [0, 0.1) is 17.3 Å². The molecule has 5 nitrogen and oxygen atoms in total. The largest absolute Gasteiger partial charge is 0.496 e. The summed E-state index contributed by atoms with van der Waals surface area (Å²) in [4.78, 5) is 12.6. The molecule has 3 unspecified atom stereocenters. The van der Waals surface area contributed by atoms with Crippen molar-refractivity contribution in [2.45, 2.75) is 112 Å². The number of benzene rings is 1. The Hall–Kier alpha value is -1.53. The molecule has 4 atom stereocenters. The third-order valence-electron chi connectivity index (χ3n) is 7.57.